The van der Waals surface area contributed by atoms with Gasteiger partial charge in [0.15, 0.2) is 11.5 Å². The highest BCUT2D eigenvalue weighted by Gasteiger charge is 2.15. The van der Waals surface area contributed by atoms with Crippen molar-refractivity contribution >= 4 is 11.7 Å². The maximum absolute atomic E-state index is 12.5. The van der Waals surface area contributed by atoms with Crippen molar-refractivity contribution in [3.05, 3.63) is 73.2 Å². The van der Waals surface area contributed by atoms with Gasteiger partial charge >= 0.3 is 0 Å². The molecule has 8 heteroatoms. The predicted molar refractivity (Wildman–Crippen MR) is 106 cm³/mol. The molecule has 0 atom stereocenters. The molecule has 8 nitrogen and oxygen atoms in total. The Morgan fingerprint density at radius 3 is 2.76 bits per heavy atom. The SMILES string of the molecule is O=C(Cn1cc(-c2ccc3c(c2)OCO3)cn1)Nc1ccnn1-c1ccccc1. The highest BCUT2D eigenvalue weighted by molar-refractivity contribution is 5.90. The van der Waals surface area contributed by atoms with Gasteiger partial charge in [0, 0.05) is 17.8 Å². The van der Waals surface area contributed by atoms with Crippen molar-refractivity contribution in [2.45, 2.75) is 6.54 Å². The summed E-state index contributed by atoms with van der Waals surface area (Å²) in [5.74, 6) is 1.85. The fraction of sp³-hybridized carbons (Fsp3) is 0.0952. The molecule has 1 aliphatic rings. The smallest absolute Gasteiger partial charge is 0.247 e. The lowest BCUT2D eigenvalue weighted by atomic mass is 10.1. The number of benzene rings is 2. The lowest BCUT2D eigenvalue weighted by Crippen LogP contribution is -2.20. The summed E-state index contributed by atoms with van der Waals surface area (Å²) in [4.78, 5) is 12.5. The summed E-state index contributed by atoms with van der Waals surface area (Å²) in [7, 11) is 0. The van der Waals surface area contributed by atoms with Crippen LogP contribution in [-0.2, 0) is 11.3 Å². The van der Waals surface area contributed by atoms with Gasteiger partial charge in [0.05, 0.1) is 18.1 Å². The molecule has 4 aromatic rings. The minimum Gasteiger partial charge on any atom is -0.454 e. The number of nitrogens with one attached hydrogen (secondary N) is 1. The lowest BCUT2D eigenvalue weighted by molar-refractivity contribution is -0.116. The van der Waals surface area contributed by atoms with Gasteiger partial charge in [-0.3, -0.25) is 9.48 Å². The highest BCUT2D eigenvalue weighted by Crippen LogP contribution is 2.35. The van der Waals surface area contributed by atoms with Crippen LogP contribution in [0.4, 0.5) is 5.82 Å². The zero-order chi connectivity index (χ0) is 19.6. The van der Waals surface area contributed by atoms with E-state index in [1.165, 1.54) is 0 Å². The van der Waals surface area contributed by atoms with E-state index >= 15 is 0 Å². The van der Waals surface area contributed by atoms with Crippen LogP contribution in [0.2, 0.25) is 0 Å². The Labute approximate surface area is 166 Å². The van der Waals surface area contributed by atoms with Crippen LogP contribution < -0.4 is 14.8 Å². The molecule has 0 aliphatic carbocycles. The summed E-state index contributed by atoms with van der Waals surface area (Å²) in [5, 5.41) is 11.5. The van der Waals surface area contributed by atoms with Crippen molar-refractivity contribution in [3.63, 3.8) is 0 Å². The number of carbonyl (C=O) groups is 1. The molecule has 0 bridgehead atoms. The minimum absolute atomic E-state index is 0.0878. The van der Waals surface area contributed by atoms with Crippen molar-refractivity contribution in [3.8, 4) is 28.3 Å². The number of aromatic nitrogens is 4. The molecule has 1 N–H and O–H groups in total. The number of carbonyl (C=O) groups excluding carboxylic acids is 1. The minimum atomic E-state index is -0.192. The van der Waals surface area contributed by atoms with Crippen LogP contribution in [0.25, 0.3) is 16.8 Å². The van der Waals surface area contributed by atoms with E-state index in [2.05, 4.69) is 15.5 Å². The summed E-state index contributed by atoms with van der Waals surface area (Å²) >= 11 is 0. The first-order valence-corrected chi connectivity index (χ1v) is 9.08. The third-order valence-electron chi connectivity index (χ3n) is 4.56. The summed E-state index contributed by atoms with van der Waals surface area (Å²) in [6, 6.07) is 17.1. The van der Waals surface area contributed by atoms with Gasteiger partial charge in [-0.05, 0) is 29.8 Å². The largest absolute Gasteiger partial charge is 0.454 e. The molecule has 2 aromatic carbocycles. The number of rotatable bonds is 5. The molecule has 3 heterocycles. The number of amides is 1. The van der Waals surface area contributed by atoms with E-state index in [0.717, 1.165) is 22.6 Å². The summed E-state index contributed by atoms with van der Waals surface area (Å²) in [5.41, 5.74) is 2.71. The molecule has 1 amide bonds. The fourth-order valence-corrected chi connectivity index (χ4v) is 3.18. The Bertz CT molecular complexity index is 1170. The first-order valence-electron chi connectivity index (χ1n) is 9.08. The maximum Gasteiger partial charge on any atom is 0.247 e. The number of nitrogens with zero attached hydrogens (tertiary/aromatic N) is 4. The molecule has 0 fully saturated rings. The van der Waals surface area contributed by atoms with E-state index in [1.807, 2.05) is 54.7 Å². The second kappa shape index (κ2) is 7.16. The van der Waals surface area contributed by atoms with Crippen molar-refractivity contribution < 1.29 is 14.3 Å². The van der Waals surface area contributed by atoms with Crippen LogP contribution in [0.1, 0.15) is 0 Å². The van der Waals surface area contributed by atoms with Gasteiger partial charge in [-0.2, -0.15) is 10.2 Å². The van der Waals surface area contributed by atoms with E-state index < -0.39 is 0 Å². The van der Waals surface area contributed by atoms with Crippen molar-refractivity contribution in [1.29, 1.82) is 0 Å². The first-order chi connectivity index (χ1) is 14.3. The quantitative estimate of drug-likeness (QED) is 0.569. The molecule has 0 saturated carbocycles. The zero-order valence-corrected chi connectivity index (χ0v) is 15.4. The van der Waals surface area contributed by atoms with Crippen molar-refractivity contribution in [1.82, 2.24) is 19.6 Å². The fourth-order valence-electron chi connectivity index (χ4n) is 3.18. The lowest BCUT2D eigenvalue weighted by Gasteiger charge is -2.09. The van der Waals surface area contributed by atoms with Gasteiger partial charge in [-0.25, -0.2) is 4.68 Å². The van der Waals surface area contributed by atoms with E-state index in [1.54, 1.807) is 27.8 Å². The van der Waals surface area contributed by atoms with Crippen LogP contribution in [0, 0.1) is 0 Å². The molecule has 0 saturated heterocycles. The summed E-state index contributed by atoms with van der Waals surface area (Å²) < 4.78 is 14.0. The third kappa shape index (κ3) is 3.43. The van der Waals surface area contributed by atoms with Crippen molar-refractivity contribution in [2.75, 3.05) is 12.1 Å². The second-order valence-corrected chi connectivity index (χ2v) is 6.51. The Kier molecular flexibility index (Phi) is 4.21. The molecule has 0 radical (unpaired) electrons. The molecule has 2 aromatic heterocycles. The molecule has 0 unspecified atom stereocenters. The average Bonchev–Trinajstić information content (AvgIpc) is 3.48. The summed E-state index contributed by atoms with van der Waals surface area (Å²) in [6.45, 7) is 0.322. The Morgan fingerprint density at radius 2 is 1.86 bits per heavy atom. The van der Waals surface area contributed by atoms with E-state index in [9.17, 15) is 4.79 Å². The van der Waals surface area contributed by atoms with Crippen molar-refractivity contribution in [2.24, 2.45) is 0 Å². The van der Waals surface area contributed by atoms with Gasteiger partial charge in [-0.15, -0.1) is 0 Å². The van der Waals surface area contributed by atoms with Crippen LogP contribution in [0.5, 0.6) is 11.5 Å². The molecule has 144 valence electrons. The Hall–Kier alpha value is -4.07. The van der Waals surface area contributed by atoms with Crippen LogP contribution in [-0.4, -0.2) is 32.3 Å². The van der Waals surface area contributed by atoms with Crippen LogP contribution >= 0.6 is 0 Å². The number of hydrogen-bond donors (Lipinski definition) is 1. The highest BCUT2D eigenvalue weighted by atomic mass is 16.7. The maximum atomic E-state index is 12.5. The number of anilines is 1. The van der Waals surface area contributed by atoms with E-state index in [-0.39, 0.29) is 19.2 Å². The molecular weight excluding hydrogens is 370 g/mol. The van der Waals surface area contributed by atoms with Gasteiger partial charge < -0.3 is 14.8 Å². The van der Waals surface area contributed by atoms with Crippen LogP contribution in [0.15, 0.2) is 73.2 Å². The molecule has 1 aliphatic heterocycles. The molecule has 29 heavy (non-hydrogen) atoms. The zero-order valence-electron chi connectivity index (χ0n) is 15.4. The standard InChI is InChI=1S/C21H17N5O3/c27-21(24-20-8-9-22-26(20)17-4-2-1-3-5-17)13-25-12-16(11-23-25)15-6-7-18-19(10-15)29-14-28-18/h1-12H,13-14H2,(H,24,27). The topological polar surface area (TPSA) is 83.2 Å². The third-order valence-corrected chi connectivity index (χ3v) is 4.56. The van der Waals surface area contributed by atoms with Gasteiger partial charge in [0.1, 0.15) is 12.4 Å². The van der Waals surface area contributed by atoms with E-state index in [0.29, 0.717) is 11.6 Å². The average molecular weight is 387 g/mol. The number of para-hydroxylation sites is 1. The normalized spacial score (nSPS) is 12.1. The van der Waals surface area contributed by atoms with Gasteiger partial charge in [0.25, 0.3) is 0 Å². The van der Waals surface area contributed by atoms with Crippen LogP contribution in [0.3, 0.4) is 0 Å². The molecule has 5 rings (SSSR count). The molecular formula is C21H17N5O3. The number of hydrogen-bond acceptors (Lipinski definition) is 5. The second-order valence-electron chi connectivity index (χ2n) is 6.51. The predicted octanol–water partition coefficient (Wildman–Crippen LogP) is 3.10. The summed E-state index contributed by atoms with van der Waals surface area (Å²) in [6.07, 6.45) is 5.19. The number of ether oxygens (including phenoxy) is 2. The van der Waals surface area contributed by atoms with E-state index in [4.69, 9.17) is 9.47 Å². The Balaban J connectivity index is 1.29. The van der Waals surface area contributed by atoms with Gasteiger partial charge in [-0.1, -0.05) is 24.3 Å². The Morgan fingerprint density at radius 1 is 1.00 bits per heavy atom. The van der Waals surface area contributed by atoms with Gasteiger partial charge in [0.2, 0.25) is 12.7 Å². The molecule has 0 spiro atoms. The number of fused-ring (bicyclic) bond motifs is 1. The first kappa shape index (κ1) is 17.1. The monoisotopic (exact) mass is 387 g/mol.